The number of carbonyl (C=O) groups excluding carboxylic acids is 2. The monoisotopic (exact) mass is 961 g/mol. The van der Waals surface area contributed by atoms with Crippen LogP contribution in [0, 0.1) is 17.8 Å². The van der Waals surface area contributed by atoms with Gasteiger partial charge < -0.3 is 19.3 Å². The number of benzene rings is 3. The Morgan fingerprint density at radius 1 is 0.985 bits per heavy atom. The Kier molecular flexibility index (Phi) is 13.4. The zero-order valence-corrected chi connectivity index (χ0v) is 40.8. The summed E-state index contributed by atoms with van der Waals surface area (Å²) in [7, 11) is -5.82. The van der Waals surface area contributed by atoms with Gasteiger partial charge in [-0.2, -0.15) is 0 Å². The molecule has 2 aliphatic carbocycles. The fraction of sp³-hybridized carbons (Fsp3) is 0.560. The number of hydrogen-bond donors (Lipinski definition) is 1. The summed E-state index contributed by atoms with van der Waals surface area (Å²) in [5.74, 6) is -0.302. The molecule has 1 spiro atoms. The van der Waals surface area contributed by atoms with E-state index in [1.807, 2.05) is 30.0 Å². The average molecular weight is 963 g/mol. The molecular formula is C50H64ClN5O8S2. The van der Waals surface area contributed by atoms with Crippen LogP contribution in [0.25, 0.3) is 0 Å². The maximum absolute atomic E-state index is 13.8. The normalized spacial score (nSPS) is 31.0. The number of hydrogen-bond acceptors (Lipinski definition) is 11. The second-order valence-corrected chi connectivity index (χ2v) is 24.4. The van der Waals surface area contributed by atoms with Gasteiger partial charge in [-0.3, -0.25) is 19.4 Å². The molecule has 2 bridgehead atoms. The van der Waals surface area contributed by atoms with Gasteiger partial charge in [0, 0.05) is 94.5 Å². The first kappa shape index (κ1) is 47.1. The van der Waals surface area contributed by atoms with Gasteiger partial charge in [-0.15, -0.1) is 0 Å². The Morgan fingerprint density at radius 2 is 1.79 bits per heavy atom. The number of fused-ring (bicyclic) bond motifs is 5. The highest BCUT2D eigenvalue weighted by atomic mass is 35.5. The summed E-state index contributed by atoms with van der Waals surface area (Å²) < 4.78 is 69.5. The molecule has 13 nitrogen and oxygen atoms in total. The van der Waals surface area contributed by atoms with Crippen molar-refractivity contribution in [2.24, 2.45) is 17.8 Å². The van der Waals surface area contributed by atoms with E-state index in [-0.39, 0.29) is 57.8 Å². The number of sulfonamides is 1. The standard InChI is InChI=1S/C50H64ClN5O8S2/c1-35-9-7-21-50(63-3,33-53-22-23-54-24-25-55(31-41(54)30-53)47(57)19-26-65(59,60)42-11-5-4-6-12-42)44-16-13-39(44)29-56-32-49(20-8-10-37-27-40(51)15-17-43(37)49)34-64-46-18-14-38(28-45(46)56)48(58)52-66(61,62)36(35)2/h4-7,11-12,14-15,17-18,21,27-28,35-36,39,41,44H,8-10,13,16,19-20,22-26,29-34H2,1-3H3,(H,52,58)/b21-7+/t35-,36+,39-,41+,44+,49-,50+/m0/s1. The Bertz CT molecular complexity index is 2560. The lowest BCUT2D eigenvalue weighted by molar-refractivity contribution is -0.136. The predicted molar refractivity (Wildman–Crippen MR) is 256 cm³/mol. The van der Waals surface area contributed by atoms with Crippen molar-refractivity contribution >= 4 is 49.0 Å². The molecule has 4 aliphatic heterocycles. The molecule has 2 saturated heterocycles. The molecule has 3 fully saturated rings. The Morgan fingerprint density at radius 3 is 2.56 bits per heavy atom. The van der Waals surface area contributed by atoms with Crippen LogP contribution in [0.2, 0.25) is 5.02 Å². The number of carbonyl (C=O) groups is 2. The fourth-order valence-corrected chi connectivity index (χ4v) is 14.4. The van der Waals surface area contributed by atoms with E-state index < -0.39 is 36.6 Å². The molecule has 3 aromatic rings. The van der Waals surface area contributed by atoms with Crippen molar-refractivity contribution < 1.29 is 35.9 Å². The van der Waals surface area contributed by atoms with Crippen LogP contribution in [0.5, 0.6) is 5.75 Å². The Labute approximate surface area is 395 Å². The Balaban J connectivity index is 0.998. The summed E-state index contributed by atoms with van der Waals surface area (Å²) in [5.41, 5.74) is 2.48. The van der Waals surface area contributed by atoms with E-state index in [0.29, 0.717) is 56.5 Å². The van der Waals surface area contributed by atoms with Gasteiger partial charge in [0.1, 0.15) is 11.4 Å². The van der Waals surface area contributed by atoms with Crippen LogP contribution < -0.4 is 14.4 Å². The smallest absolute Gasteiger partial charge is 0.264 e. The van der Waals surface area contributed by atoms with Gasteiger partial charge in [-0.1, -0.05) is 54.9 Å². The number of anilines is 1. The molecule has 0 unspecified atom stereocenters. The minimum Gasteiger partial charge on any atom is -0.490 e. The molecule has 4 heterocycles. The summed E-state index contributed by atoms with van der Waals surface area (Å²) in [6.45, 7) is 10.2. The SMILES string of the molecule is CO[C@@]1(CN2CCN3CCN(C(=O)CCS(=O)(=O)c4ccccc4)C[C@H]3C2)/C=C/C[C@H](C)[C@@H](C)S(=O)(=O)NC(=O)c2ccc3c(c2)N(C[C@@H]2CC[C@H]21)C[C@@]1(CCCc2cc(Cl)ccc21)CO3. The largest absolute Gasteiger partial charge is 0.490 e. The van der Waals surface area contributed by atoms with Gasteiger partial charge in [-0.25, -0.2) is 21.6 Å². The van der Waals surface area contributed by atoms with Crippen LogP contribution in [0.15, 0.2) is 83.8 Å². The zero-order valence-electron chi connectivity index (χ0n) is 38.4. The molecule has 0 aromatic heterocycles. The second kappa shape index (κ2) is 18.8. The van der Waals surface area contributed by atoms with Crippen molar-refractivity contribution in [1.29, 1.82) is 0 Å². The summed E-state index contributed by atoms with van der Waals surface area (Å²) in [6, 6.07) is 19.9. The van der Waals surface area contributed by atoms with Gasteiger partial charge in [0.05, 0.1) is 28.2 Å². The van der Waals surface area contributed by atoms with Gasteiger partial charge in [-0.05, 0) is 117 Å². The number of halogens is 1. The first-order valence-electron chi connectivity index (χ1n) is 23.7. The average Bonchev–Trinajstić information content (AvgIpc) is 3.45. The third-order valence-corrected chi connectivity index (χ3v) is 19.8. The number of methoxy groups -OCH3 is 1. The lowest BCUT2D eigenvalue weighted by Gasteiger charge is -2.53. The van der Waals surface area contributed by atoms with Crippen molar-refractivity contribution in [1.82, 2.24) is 19.4 Å². The van der Waals surface area contributed by atoms with Crippen LogP contribution in [0.3, 0.4) is 0 Å². The first-order chi connectivity index (χ1) is 31.6. The van der Waals surface area contributed by atoms with Crippen molar-refractivity contribution in [3.8, 4) is 5.75 Å². The van der Waals surface area contributed by atoms with Gasteiger partial charge >= 0.3 is 0 Å². The minimum atomic E-state index is -4.04. The second-order valence-electron chi connectivity index (χ2n) is 19.8. The summed E-state index contributed by atoms with van der Waals surface area (Å²) in [5, 5.41) is -0.136. The van der Waals surface area contributed by atoms with E-state index in [0.717, 1.165) is 64.0 Å². The predicted octanol–water partition coefficient (Wildman–Crippen LogP) is 5.96. The zero-order chi connectivity index (χ0) is 46.4. The van der Waals surface area contributed by atoms with Crippen LogP contribution in [-0.4, -0.2) is 139 Å². The summed E-state index contributed by atoms with van der Waals surface area (Å²) >= 11 is 6.54. The third kappa shape index (κ3) is 9.41. The molecule has 1 N–H and O–H groups in total. The first-order valence-corrected chi connectivity index (χ1v) is 27.3. The number of sulfone groups is 1. The molecule has 16 heteroatoms. The highest BCUT2D eigenvalue weighted by Crippen LogP contribution is 2.49. The molecule has 1 saturated carbocycles. The number of aryl methyl sites for hydroxylation is 1. The maximum Gasteiger partial charge on any atom is 0.264 e. The summed E-state index contributed by atoms with van der Waals surface area (Å²) in [4.78, 5) is 36.7. The number of nitrogens with zero attached hydrogens (tertiary/aromatic N) is 4. The van der Waals surface area contributed by atoms with E-state index in [4.69, 9.17) is 21.1 Å². The van der Waals surface area contributed by atoms with Gasteiger partial charge in [0.2, 0.25) is 15.9 Å². The molecule has 6 aliphatic rings. The lowest BCUT2D eigenvalue weighted by Crippen LogP contribution is -2.65. The molecule has 66 heavy (non-hydrogen) atoms. The molecule has 7 atom stereocenters. The number of rotatable bonds is 7. The quantitative estimate of drug-likeness (QED) is 0.280. The molecule has 0 radical (unpaired) electrons. The van der Waals surface area contributed by atoms with Crippen molar-refractivity contribution in [2.75, 3.05) is 83.3 Å². The van der Waals surface area contributed by atoms with E-state index >= 15 is 0 Å². The molecule has 9 rings (SSSR count). The number of amides is 2. The molecule has 356 valence electrons. The highest BCUT2D eigenvalue weighted by molar-refractivity contribution is 7.91. The number of allylic oxidation sites excluding steroid dienone is 1. The van der Waals surface area contributed by atoms with Gasteiger partial charge in [0.25, 0.3) is 5.91 Å². The van der Waals surface area contributed by atoms with Crippen molar-refractivity contribution in [3.63, 3.8) is 0 Å². The van der Waals surface area contributed by atoms with Crippen LogP contribution in [-0.2, 0) is 41.2 Å². The molecular weight excluding hydrogens is 898 g/mol. The summed E-state index contributed by atoms with van der Waals surface area (Å²) in [6.07, 6.45) is 9.50. The van der Waals surface area contributed by atoms with E-state index in [1.165, 1.54) is 11.1 Å². The van der Waals surface area contributed by atoms with Crippen LogP contribution in [0.1, 0.15) is 73.9 Å². The van der Waals surface area contributed by atoms with Crippen molar-refractivity contribution in [2.45, 2.75) is 86.0 Å². The fourth-order valence-electron chi connectivity index (χ4n) is 11.7. The van der Waals surface area contributed by atoms with E-state index in [1.54, 1.807) is 50.4 Å². The maximum atomic E-state index is 13.8. The van der Waals surface area contributed by atoms with Crippen LogP contribution >= 0.6 is 11.6 Å². The number of nitrogens with one attached hydrogen (secondary N) is 1. The highest BCUT2D eigenvalue weighted by Gasteiger charge is 2.50. The van der Waals surface area contributed by atoms with Gasteiger partial charge in [0.15, 0.2) is 9.84 Å². The number of ether oxygens (including phenoxy) is 2. The Hall–Kier alpha value is -3.99. The van der Waals surface area contributed by atoms with Crippen molar-refractivity contribution in [3.05, 3.63) is 101 Å². The minimum absolute atomic E-state index is 0.0596. The molecule has 2 amide bonds. The van der Waals surface area contributed by atoms with E-state index in [2.05, 4.69) is 43.7 Å². The van der Waals surface area contributed by atoms with Crippen LogP contribution in [0.4, 0.5) is 5.69 Å². The van der Waals surface area contributed by atoms with E-state index in [9.17, 15) is 26.4 Å². The topological polar surface area (TPSA) is 146 Å². The molecule has 3 aromatic carbocycles. The number of piperazine rings is 2. The third-order valence-electron chi connectivity index (χ3n) is 15.9. The lowest BCUT2D eigenvalue weighted by atomic mass is 9.63.